The normalized spacial score (nSPS) is 12.0. The summed E-state index contributed by atoms with van der Waals surface area (Å²) in [5.41, 5.74) is 4.19. The van der Waals surface area contributed by atoms with Crippen LogP contribution in [0.15, 0.2) is 42.5 Å². The van der Waals surface area contributed by atoms with Gasteiger partial charge in [-0.15, -0.1) is 0 Å². The molecular weight excluding hydrogens is 262 g/mol. The highest BCUT2D eigenvalue weighted by Crippen LogP contribution is 2.08. The summed E-state index contributed by atoms with van der Waals surface area (Å²) in [5, 5.41) is 0. The average molecular weight is 284 g/mol. The Hall–Kier alpha value is -2.16. The van der Waals surface area contributed by atoms with Crippen molar-refractivity contribution in [3.8, 4) is 0 Å². The minimum Gasteiger partial charge on any atom is -0.455 e. The first-order valence-corrected chi connectivity index (χ1v) is 7.20. The van der Waals surface area contributed by atoms with Crippen LogP contribution in [0.5, 0.6) is 0 Å². The number of aryl methyl sites for hydroxylation is 3. The molecule has 0 saturated carbocycles. The van der Waals surface area contributed by atoms with E-state index >= 15 is 0 Å². The zero-order valence-corrected chi connectivity index (χ0v) is 13.1. The Bertz CT molecular complexity index is 612. The topological polar surface area (TPSA) is 30.2 Å². The summed E-state index contributed by atoms with van der Waals surface area (Å²) in [5.74, 6) is -0.273. The molecule has 0 aliphatic rings. The third-order valence-corrected chi connectivity index (χ3v) is 3.54. The van der Waals surface area contributed by atoms with E-state index in [2.05, 4.69) is 44.4 Å². The van der Waals surface area contributed by atoms with Gasteiger partial charge in [-0.1, -0.05) is 18.2 Å². The maximum absolute atomic E-state index is 12.0. The lowest BCUT2D eigenvalue weighted by atomic mass is 10.2. The maximum atomic E-state index is 12.0. The van der Waals surface area contributed by atoms with Gasteiger partial charge in [0.2, 0.25) is 0 Å². The zero-order chi connectivity index (χ0) is 15.4. The van der Waals surface area contributed by atoms with E-state index in [1.807, 2.05) is 18.2 Å². The Kier molecular flexibility index (Phi) is 4.73. The lowest BCUT2D eigenvalue weighted by Crippen LogP contribution is -2.46. The third kappa shape index (κ3) is 3.69. The van der Waals surface area contributed by atoms with E-state index in [4.69, 9.17) is 4.74 Å². The molecular formula is C18H22NO2+. The molecule has 0 aliphatic carbocycles. The van der Waals surface area contributed by atoms with Crippen LogP contribution in [0.1, 0.15) is 40.3 Å². The summed E-state index contributed by atoms with van der Waals surface area (Å²) < 4.78 is 7.62. The van der Waals surface area contributed by atoms with Crippen LogP contribution in [0.4, 0.5) is 0 Å². The molecule has 1 unspecified atom stereocenters. The molecule has 0 N–H and O–H groups in total. The fraction of sp³-hybridized carbons (Fsp3) is 0.333. The molecule has 21 heavy (non-hydrogen) atoms. The molecule has 0 spiro atoms. The van der Waals surface area contributed by atoms with Crippen molar-refractivity contribution in [2.45, 2.75) is 33.7 Å². The number of carbonyl (C=O) groups excluding carboxylic acids is 1. The summed E-state index contributed by atoms with van der Waals surface area (Å²) in [7, 11) is 0. The van der Waals surface area contributed by atoms with Crippen LogP contribution in [0.25, 0.3) is 0 Å². The van der Waals surface area contributed by atoms with Crippen LogP contribution in [-0.4, -0.2) is 12.6 Å². The molecule has 1 aromatic heterocycles. The molecule has 1 atom stereocenters. The second kappa shape index (κ2) is 6.53. The number of nitrogens with zero attached hydrogens (tertiary/aromatic N) is 1. The van der Waals surface area contributed by atoms with Gasteiger partial charge in [0.25, 0.3) is 0 Å². The quantitative estimate of drug-likeness (QED) is 0.637. The van der Waals surface area contributed by atoms with Crippen molar-refractivity contribution in [2.75, 3.05) is 6.61 Å². The Morgan fingerprint density at radius 1 is 1.10 bits per heavy atom. The molecule has 2 rings (SSSR count). The van der Waals surface area contributed by atoms with Crippen LogP contribution in [0.2, 0.25) is 0 Å². The van der Waals surface area contributed by atoms with Crippen molar-refractivity contribution in [1.29, 1.82) is 0 Å². The predicted octanol–water partition coefficient (Wildman–Crippen LogP) is 3.32. The number of carbonyl (C=O) groups is 1. The van der Waals surface area contributed by atoms with Crippen molar-refractivity contribution >= 4 is 5.97 Å². The first-order chi connectivity index (χ1) is 9.99. The highest BCUT2D eigenvalue weighted by atomic mass is 16.5. The smallest absolute Gasteiger partial charge is 0.338 e. The molecule has 0 bridgehead atoms. The Morgan fingerprint density at radius 3 is 2.24 bits per heavy atom. The van der Waals surface area contributed by atoms with Gasteiger partial charge in [0.15, 0.2) is 24.0 Å². The van der Waals surface area contributed by atoms with Crippen molar-refractivity contribution in [1.82, 2.24) is 0 Å². The van der Waals surface area contributed by atoms with Gasteiger partial charge < -0.3 is 4.74 Å². The molecule has 1 aromatic carbocycles. The molecule has 0 radical (unpaired) electrons. The molecule has 0 saturated heterocycles. The van der Waals surface area contributed by atoms with Gasteiger partial charge in [0, 0.05) is 32.9 Å². The van der Waals surface area contributed by atoms with Gasteiger partial charge in [0.05, 0.1) is 5.56 Å². The van der Waals surface area contributed by atoms with Crippen molar-refractivity contribution in [3.05, 3.63) is 65.0 Å². The van der Waals surface area contributed by atoms with Crippen LogP contribution >= 0.6 is 0 Å². The first-order valence-electron chi connectivity index (χ1n) is 7.20. The second-order valence-corrected chi connectivity index (χ2v) is 5.50. The van der Waals surface area contributed by atoms with Crippen molar-refractivity contribution in [2.24, 2.45) is 0 Å². The predicted molar refractivity (Wildman–Crippen MR) is 82.3 cm³/mol. The minimum absolute atomic E-state index is 0.110. The maximum Gasteiger partial charge on any atom is 0.338 e. The molecule has 0 fully saturated rings. The number of hydrogen-bond acceptors (Lipinski definition) is 2. The Morgan fingerprint density at radius 2 is 1.67 bits per heavy atom. The summed E-state index contributed by atoms with van der Waals surface area (Å²) in [6.45, 7) is 8.67. The number of esters is 1. The molecule has 0 aliphatic heterocycles. The van der Waals surface area contributed by atoms with Crippen LogP contribution in [0.3, 0.4) is 0 Å². The number of ether oxygens (including phenoxy) is 1. The Balaban J connectivity index is 2.06. The van der Waals surface area contributed by atoms with Crippen LogP contribution in [0, 0.1) is 20.8 Å². The van der Waals surface area contributed by atoms with Gasteiger partial charge in [0.1, 0.15) is 0 Å². The standard InChI is InChI=1S/C18H22NO2/c1-13-10-14(2)19(15(3)11-13)16(4)12-21-18(20)17-8-6-5-7-9-17/h5-11,16H,12H2,1-4H3/q+1. The number of pyridine rings is 1. The van der Waals surface area contributed by atoms with E-state index in [-0.39, 0.29) is 12.0 Å². The molecule has 110 valence electrons. The molecule has 1 heterocycles. The fourth-order valence-electron chi connectivity index (χ4n) is 2.74. The molecule has 3 nitrogen and oxygen atoms in total. The molecule has 0 amide bonds. The molecule has 3 heteroatoms. The lowest BCUT2D eigenvalue weighted by molar-refractivity contribution is -0.731. The summed E-state index contributed by atoms with van der Waals surface area (Å²) >= 11 is 0. The Labute approximate surface area is 126 Å². The van der Waals surface area contributed by atoms with E-state index < -0.39 is 0 Å². The van der Waals surface area contributed by atoms with Gasteiger partial charge in [-0.25, -0.2) is 4.79 Å². The van der Waals surface area contributed by atoms with Gasteiger partial charge >= 0.3 is 5.97 Å². The second-order valence-electron chi connectivity index (χ2n) is 5.50. The van der Waals surface area contributed by atoms with Gasteiger partial charge in [-0.05, 0) is 24.6 Å². The largest absolute Gasteiger partial charge is 0.455 e. The van der Waals surface area contributed by atoms with Gasteiger partial charge in [-0.2, -0.15) is 4.57 Å². The van der Waals surface area contributed by atoms with Crippen molar-refractivity contribution in [3.63, 3.8) is 0 Å². The third-order valence-electron chi connectivity index (χ3n) is 3.54. The minimum atomic E-state index is -0.273. The highest BCUT2D eigenvalue weighted by molar-refractivity contribution is 5.89. The van der Waals surface area contributed by atoms with E-state index in [0.717, 1.165) is 0 Å². The van der Waals surface area contributed by atoms with E-state index in [0.29, 0.717) is 12.2 Å². The summed E-state index contributed by atoms with van der Waals surface area (Å²) in [6, 6.07) is 13.5. The highest BCUT2D eigenvalue weighted by Gasteiger charge is 2.21. The summed E-state index contributed by atoms with van der Waals surface area (Å²) in [6.07, 6.45) is 0. The fourth-order valence-corrected chi connectivity index (χ4v) is 2.74. The van der Waals surface area contributed by atoms with E-state index in [1.165, 1.54) is 17.0 Å². The lowest BCUT2D eigenvalue weighted by Gasteiger charge is -2.13. The van der Waals surface area contributed by atoms with Crippen LogP contribution < -0.4 is 4.57 Å². The van der Waals surface area contributed by atoms with E-state index in [1.54, 1.807) is 12.1 Å². The number of rotatable bonds is 4. The number of benzene rings is 1. The zero-order valence-electron chi connectivity index (χ0n) is 13.1. The molecule has 2 aromatic rings. The average Bonchev–Trinajstić information content (AvgIpc) is 2.44. The summed E-state index contributed by atoms with van der Waals surface area (Å²) in [4.78, 5) is 12.0. The monoisotopic (exact) mass is 284 g/mol. The number of aromatic nitrogens is 1. The number of hydrogen-bond donors (Lipinski definition) is 0. The van der Waals surface area contributed by atoms with Crippen LogP contribution in [-0.2, 0) is 4.74 Å². The first kappa shape index (κ1) is 15.2. The van der Waals surface area contributed by atoms with Gasteiger partial charge in [-0.3, -0.25) is 0 Å². The SMILES string of the molecule is Cc1cc(C)[n+](C(C)COC(=O)c2ccccc2)c(C)c1. The van der Waals surface area contributed by atoms with Crippen molar-refractivity contribution < 1.29 is 14.1 Å². The van der Waals surface area contributed by atoms with E-state index in [9.17, 15) is 4.79 Å².